The van der Waals surface area contributed by atoms with Gasteiger partial charge in [-0.2, -0.15) is 43.9 Å². The first-order valence-electron chi connectivity index (χ1n) is 5.25. The number of ether oxygens (including phenoxy) is 4. The Morgan fingerprint density at radius 2 is 0.962 bits per heavy atom. The maximum atomic E-state index is 13.4. The van der Waals surface area contributed by atoms with Crippen LogP contribution in [0.1, 0.15) is 0 Å². The first-order chi connectivity index (χ1) is 11.1. The number of rotatable bonds is 6. The zero-order valence-corrected chi connectivity index (χ0v) is 11.5. The van der Waals surface area contributed by atoms with E-state index in [1.807, 2.05) is 9.47 Å². The maximum Gasteiger partial charge on any atom is 0.527 e. The third-order valence-corrected chi connectivity index (χ3v) is 1.87. The summed E-state index contributed by atoms with van der Waals surface area (Å²) in [5.41, 5.74) is 0. The fourth-order valence-corrected chi connectivity index (χ4v) is 0.916. The van der Waals surface area contributed by atoms with E-state index in [2.05, 4.69) is 4.74 Å². The van der Waals surface area contributed by atoms with Gasteiger partial charge in [0.2, 0.25) is 0 Å². The van der Waals surface area contributed by atoms with E-state index in [-0.39, 0.29) is 7.11 Å². The van der Waals surface area contributed by atoms with Gasteiger partial charge in [-0.05, 0) is 0 Å². The van der Waals surface area contributed by atoms with Crippen LogP contribution in [0.4, 0.5) is 57.1 Å². The van der Waals surface area contributed by atoms with E-state index < -0.39 is 42.9 Å². The molecule has 0 aromatic carbocycles. The smallest absolute Gasteiger partial charge is 0.463 e. The molecule has 5 nitrogen and oxygen atoms in total. The van der Waals surface area contributed by atoms with Crippen LogP contribution in [0.25, 0.3) is 0 Å². The minimum atomic E-state index is -7.21. The van der Waals surface area contributed by atoms with Crippen molar-refractivity contribution in [2.75, 3.05) is 7.11 Å². The van der Waals surface area contributed by atoms with Crippen LogP contribution < -0.4 is 0 Å². The van der Waals surface area contributed by atoms with E-state index in [1.165, 1.54) is 0 Å². The lowest BCUT2D eigenvalue weighted by molar-refractivity contribution is -0.595. The summed E-state index contributed by atoms with van der Waals surface area (Å²) in [6.07, 6.45) is -27.2. The van der Waals surface area contributed by atoms with Crippen molar-refractivity contribution in [3.8, 4) is 0 Å². The van der Waals surface area contributed by atoms with Gasteiger partial charge in [-0.15, -0.1) is 13.2 Å². The lowest BCUT2D eigenvalue weighted by atomic mass is 10.5. The van der Waals surface area contributed by atoms with Crippen molar-refractivity contribution in [1.29, 1.82) is 0 Å². The van der Waals surface area contributed by atoms with Gasteiger partial charge in [0.05, 0.1) is 7.11 Å². The average Bonchev–Trinajstić information content (AvgIpc) is 2.31. The van der Waals surface area contributed by atoms with E-state index in [0.717, 1.165) is 0 Å². The van der Waals surface area contributed by atoms with Gasteiger partial charge in [-0.3, -0.25) is 0 Å². The number of alkyl halides is 13. The molecule has 0 rings (SSSR count). The van der Waals surface area contributed by atoms with E-state index in [9.17, 15) is 61.9 Å². The monoisotopic (exact) mass is 426 g/mol. The molecule has 2 unspecified atom stereocenters. The third kappa shape index (κ3) is 5.73. The SMILES string of the molecule is COC(=O)C(F)(F)OC(F)(OC(F)(OC(F)(F)F)C(F)(F)F)C(F)(F)F. The molecule has 0 aliphatic heterocycles. The predicted octanol–water partition coefficient (Wildman–Crippen LogP) is 3.69. The van der Waals surface area contributed by atoms with Crippen LogP contribution in [-0.4, -0.2) is 50.0 Å². The van der Waals surface area contributed by atoms with E-state index in [1.54, 1.807) is 4.74 Å². The summed E-state index contributed by atoms with van der Waals surface area (Å²) >= 11 is 0. The quantitative estimate of drug-likeness (QED) is 0.369. The molecule has 0 heterocycles. The zero-order chi connectivity index (χ0) is 21.4. The molecule has 0 amide bonds. The molecule has 0 aliphatic rings. The second-order valence-corrected chi connectivity index (χ2v) is 3.83. The van der Waals surface area contributed by atoms with Gasteiger partial charge >= 0.3 is 42.9 Å². The summed E-state index contributed by atoms with van der Waals surface area (Å²) in [5, 5.41) is 0. The molecule has 0 saturated heterocycles. The number of hydrogen-bond acceptors (Lipinski definition) is 5. The van der Waals surface area contributed by atoms with Gasteiger partial charge < -0.3 is 4.74 Å². The topological polar surface area (TPSA) is 54.0 Å². The van der Waals surface area contributed by atoms with E-state index >= 15 is 0 Å². The number of carbonyl (C=O) groups excluding carboxylic acids is 1. The van der Waals surface area contributed by atoms with Gasteiger partial charge in [0, 0.05) is 0 Å². The molecule has 0 saturated carbocycles. The summed E-state index contributed by atoms with van der Waals surface area (Å²) in [7, 11) is 0.0654. The molecule has 26 heavy (non-hydrogen) atoms. The molecule has 0 bridgehead atoms. The Morgan fingerprint density at radius 3 is 1.23 bits per heavy atom. The summed E-state index contributed by atoms with van der Waals surface area (Å²) in [6, 6.07) is -14.0. The predicted molar refractivity (Wildman–Crippen MR) is 46.1 cm³/mol. The largest absolute Gasteiger partial charge is 0.527 e. The number of esters is 1. The number of carbonyl (C=O) groups is 1. The highest BCUT2D eigenvalue weighted by atomic mass is 19.4. The summed E-state index contributed by atoms with van der Waals surface area (Å²) < 4.78 is 170. The zero-order valence-electron chi connectivity index (χ0n) is 11.5. The molecule has 0 aliphatic carbocycles. The normalized spacial score (nSPS) is 18.8. The Morgan fingerprint density at radius 1 is 0.615 bits per heavy atom. The Labute approximate surface area is 132 Å². The lowest BCUT2D eigenvalue weighted by Crippen LogP contribution is -2.61. The molecule has 0 aromatic rings. The van der Waals surface area contributed by atoms with Gasteiger partial charge in [0.15, 0.2) is 0 Å². The van der Waals surface area contributed by atoms with Crippen molar-refractivity contribution >= 4 is 5.97 Å². The van der Waals surface area contributed by atoms with Crippen LogP contribution >= 0.6 is 0 Å². The van der Waals surface area contributed by atoms with Gasteiger partial charge in [0.1, 0.15) is 0 Å². The fourth-order valence-electron chi connectivity index (χ4n) is 0.916. The van der Waals surface area contributed by atoms with E-state index in [0.29, 0.717) is 0 Å². The third-order valence-electron chi connectivity index (χ3n) is 1.87. The van der Waals surface area contributed by atoms with Crippen molar-refractivity contribution < 1.29 is 80.8 Å². The molecule has 156 valence electrons. The van der Waals surface area contributed by atoms with Crippen LogP contribution in [0.5, 0.6) is 0 Å². The van der Waals surface area contributed by atoms with Crippen molar-refractivity contribution in [2.24, 2.45) is 0 Å². The Hall–Kier alpha value is -1.56. The number of halogens is 13. The summed E-state index contributed by atoms with van der Waals surface area (Å²) in [5.74, 6) is -3.15. The maximum absolute atomic E-state index is 13.4. The highest BCUT2D eigenvalue weighted by Crippen LogP contribution is 2.49. The van der Waals surface area contributed by atoms with Crippen molar-refractivity contribution in [3.05, 3.63) is 0 Å². The minimum absolute atomic E-state index is 0.0654. The lowest BCUT2D eigenvalue weighted by Gasteiger charge is -2.36. The first kappa shape index (κ1) is 24.4. The van der Waals surface area contributed by atoms with Crippen LogP contribution in [-0.2, 0) is 23.7 Å². The molecule has 0 N–H and O–H groups in total. The standard InChI is InChI=1S/C8H3F13O5/c1-23-2(22)3(9,10)24-6(17,4(11,12)13)25-7(18,5(14,15)16)26-8(19,20)21/h1H3. The average molecular weight is 426 g/mol. The Balaban J connectivity index is 6.13. The van der Waals surface area contributed by atoms with Crippen LogP contribution in [0.15, 0.2) is 0 Å². The van der Waals surface area contributed by atoms with Crippen molar-refractivity contribution in [3.63, 3.8) is 0 Å². The molecule has 2 atom stereocenters. The highest BCUT2D eigenvalue weighted by molar-refractivity contribution is 5.75. The molecular formula is C8H3F13O5. The van der Waals surface area contributed by atoms with Gasteiger partial charge in [0.25, 0.3) is 0 Å². The molecule has 18 heteroatoms. The van der Waals surface area contributed by atoms with E-state index in [4.69, 9.17) is 0 Å². The summed E-state index contributed by atoms with van der Waals surface area (Å²) in [4.78, 5) is 10.4. The van der Waals surface area contributed by atoms with Crippen LogP contribution in [0.2, 0.25) is 0 Å². The van der Waals surface area contributed by atoms with Crippen LogP contribution in [0, 0.1) is 0 Å². The van der Waals surface area contributed by atoms with Crippen molar-refractivity contribution in [2.45, 2.75) is 36.9 Å². The van der Waals surface area contributed by atoms with Gasteiger partial charge in [-0.25, -0.2) is 19.0 Å². The summed E-state index contributed by atoms with van der Waals surface area (Å²) in [6.45, 7) is 0. The van der Waals surface area contributed by atoms with Crippen LogP contribution in [0.3, 0.4) is 0 Å². The molecule has 0 spiro atoms. The second-order valence-electron chi connectivity index (χ2n) is 3.83. The molecular weight excluding hydrogens is 423 g/mol. The minimum Gasteiger partial charge on any atom is -0.463 e. The fraction of sp³-hybridized carbons (Fsp3) is 0.875. The first-order valence-corrected chi connectivity index (χ1v) is 5.25. The number of hydrogen-bond donors (Lipinski definition) is 0. The molecule has 0 radical (unpaired) electrons. The Kier molecular flexibility index (Phi) is 6.46. The second kappa shape index (κ2) is 6.87. The number of methoxy groups -OCH3 is 1. The van der Waals surface area contributed by atoms with Gasteiger partial charge in [-0.1, -0.05) is 0 Å². The molecule has 0 fully saturated rings. The molecule has 0 aromatic heterocycles. The van der Waals surface area contributed by atoms with Crippen molar-refractivity contribution in [1.82, 2.24) is 0 Å². The Bertz CT molecular complexity index is 510. The highest BCUT2D eigenvalue weighted by Gasteiger charge is 2.75.